The highest BCUT2D eigenvalue weighted by atomic mass is 16.3. The Morgan fingerprint density at radius 2 is 1.43 bits per heavy atom. The van der Waals surface area contributed by atoms with E-state index in [9.17, 15) is 0 Å². The van der Waals surface area contributed by atoms with Gasteiger partial charge in [0.05, 0.1) is 19.8 Å². The summed E-state index contributed by atoms with van der Waals surface area (Å²) in [6.07, 6.45) is 4.34. The number of H-pyrrole nitrogens is 1. The highest BCUT2D eigenvalue weighted by molar-refractivity contribution is 4.84. The molecule has 0 aliphatic carbocycles. The Kier molecular flexibility index (Phi) is 7.10. The van der Waals surface area contributed by atoms with E-state index in [4.69, 9.17) is 15.3 Å². The summed E-state index contributed by atoms with van der Waals surface area (Å²) in [5.74, 6) is 0. The highest BCUT2D eigenvalue weighted by Crippen LogP contribution is 2.18. The first kappa shape index (κ1) is 13.2. The fraction of sp³-hybridized carbons (Fsp3) is 0.600. The van der Waals surface area contributed by atoms with Crippen LogP contribution in [0.3, 0.4) is 0 Å². The molecular formula is C10H19NO3. The minimum Gasteiger partial charge on any atom is -0.396 e. The van der Waals surface area contributed by atoms with Gasteiger partial charge in [0.2, 0.25) is 0 Å². The fourth-order valence-corrected chi connectivity index (χ4v) is 0.763. The van der Waals surface area contributed by atoms with E-state index in [0.717, 1.165) is 0 Å². The molecule has 1 heterocycles. The van der Waals surface area contributed by atoms with E-state index in [1.165, 1.54) is 0 Å². The van der Waals surface area contributed by atoms with Crippen molar-refractivity contribution in [2.24, 2.45) is 5.41 Å². The van der Waals surface area contributed by atoms with E-state index in [0.29, 0.717) is 6.42 Å². The molecule has 14 heavy (non-hydrogen) atoms. The Balaban J connectivity index is 0.000000280. The maximum Gasteiger partial charge on any atom is 0.0531 e. The van der Waals surface area contributed by atoms with Gasteiger partial charge in [-0.25, -0.2) is 0 Å². The summed E-state index contributed by atoms with van der Waals surface area (Å²) >= 11 is 0. The van der Waals surface area contributed by atoms with Crippen LogP contribution in [0.4, 0.5) is 0 Å². The standard InChI is InChI=1S/C6H14O3.C4H5N/c1-2-6(3-7,4-8)5-9;1-2-4-5-3-1/h7-9H,2-5H2,1H3;1-5H. The van der Waals surface area contributed by atoms with Crippen LogP contribution in [0.1, 0.15) is 13.3 Å². The van der Waals surface area contributed by atoms with Gasteiger partial charge in [-0.15, -0.1) is 0 Å². The zero-order chi connectivity index (χ0) is 10.9. The molecule has 4 N–H and O–H groups in total. The molecule has 1 aromatic rings. The predicted octanol–water partition coefficient (Wildman–Crippen LogP) is 0.374. The van der Waals surface area contributed by atoms with E-state index in [-0.39, 0.29) is 19.8 Å². The van der Waals surface area contributed by atoms with Gasteiger partial charge < -0.3 is 20.3 Å². The van der Waals surface area contributed by atoms with Crippen LogP contribution in [-0.4, -0.2) is 40.1 Å². The molecule has 0 aromatic carbocycles. The minimum absolute atomic E-state index is 0.156. The van der Waals surface area contributed by atoms with E-state index < -0.39 is 5.41 Å². The van der Waals surface area contributed by atoms with Crippen molar-refractivity contribution in [3.05, 3.63) is 24.5 Å². The van der Waals surface area contributed by atoms with E-state index >= 15 is 0 Å². The first-order valence-electron chi connectivity index (χ1n) is 4.65. The van der Waals surface area contributed by atoms with Crippen LogP contribution in [0.2, 0.25) is 0 Å². The number of aromatic amines is 1. The topological polar surface area (TPSA) is 76.5 Å². The third-order valence-corrected chi connectivity index (χ3v) is 2.25. The summed E-state index contributed by atoms with van der Waals surface area (Å²) in [4.78, 5) is 2.86. The summed E-state index contributed by atoms with van der Waals surface area (Å²) in [5, 5.41) is 26.0. The van der Waals surface area contributed by atoms with Crippen molar-refractivity contribution >= 4 is 0 Å². The molecule has 0 saturated heterocycles. The molecule has 0 unspecified atom stereocenters. The van der Waals surface area contributed by atoms with Crippen LogP contribution in [0, 0.1) is 5.41 Å². The lowest BCUT2D eigenvalue weighted by Gasteiger charge is -2.24. The maximum absolute atomic E-state index is 8.66. The molecule has 4 nitrogen and oxygen atoms in total. The number of aliphatic hydroxyl groups excluding tert-OH is 3. The van der Waals surface area contributed by atoms with Crippen molar-refractivity contribution < 1.29 is 15.3 Å². The molecular weight excluding hydrogens is 182 g/mol. The number of nitrogens with one attached hydrogen (secondary N) is 1. The quantitative estimate of drug-likeness (QED) is 0.568. The van der Waals surface area contributed by atoms with Crippen LogP contribution in [0.15, 0.2) is 24.5 Å². The second-order valence-electron chi connectivity index (χ2n) is 3.21. The Hall–Kier alpha value is -0.840. The molecule has 1 rings (SSSR count). The van der Waals surface area contributed by atoms with Crippen molar-refractivity contribution in [2.75, 3.05) is 19.8 Å². The highest BCUT2D eigenvalue weighted by Gasteiger charge is 2.24. The van der Waals surface area contributed by atoms with Crippen molar-refractivity contribution in [1.29, 1.82) is 0 Å². The fourth-order valence-electron chi connectivity index (χ4n) is 0.763. The second-order valence-corrected chi connectivity index (χ2v) is 3.21. The molecule has 4 heteroatoms. The molecule has 0 spiro atoms. The van der Waals surface area contributed by atoms with E-state index in [2.05, 4.69) is 4.98 Å². The summed E-state index contributed by atoms with van der Waals surface area (Å²) in [5.41, 5.74) is -0.667. The van der Waals surface area contributed by atoms with E-state index in [1.54, 1.807) is 0 Å². The summed E-state index contributed by atoms with van der Waals surface area (Å²) in [6, 6.07) is 3.89. The van der Waals surface area contributed by atoms with Gasteiger partial charge >= 0.3 is 0 Å². The van der Waals surface area contributed by atoms with Crippen LogP contribution < -0.4 is 0 Å². The molecule has 0 bridgehead atoms. The van der Waals surface area contributed by atoms with Crippen LogP contribution in [-0.2, 0) is 0 Å². The zero-order valence-electron chi connectivity index (χ0n) is 8.48. The molecule has 0 fully saturated rings. The van der Waals surface area contributed by atoms with Crippen molar-refractivity contribution in [3.63, 3.8) is 0 Å². The lowest BCUT2D eigenvalue weighted by atomic mass is 9.88. The van der Waals surface area contributed by atoms with Gasteiger partial charge in [0.1, 0.15) is 0 Å². The Labute approximate surface area is 84.2 Å². The molecule has 0 saturated carbocycles. The normalized spacial score (nSPS) is 10.6. The van der Waals surface area contributed by atoms with E-state index in [1.807, 2.05) is 31.5 Å². The van der Waals surface area contributed by atoms with Gasteiger partial charge in [-0.05, 0) is 18.6 Å². The zero-order valence-corrected chi connectivity index (χ0v) is 8.48. The van der Waals surface area contributed by atoms with Gasteiger partial charge in [0.25, 0.3) is 0 Å². The number of rotatable bonds is 4. The maximum atomic E-state index is 8.66. The van der Waals surface area contributed by atoms with Crippen LogP contribution >= 0.6 is 0 Å². The van der Waals surface area contributed by atoms with Crippen LogP contribution in [0.25, 0.3) is 0 Å². The number of hydrogen-bond donors (Lipinski definition) is 4. The molecule has 0 amide bonds. The summed E-state index contributed by atoms with van der Waals surface area (Å²) in [7, 11) is 0. The monoisotopic (exact) mass is 201 g/mol. The number of aliphatic hydroxyl groups is 3. The SMILES string of the molecule is CCC(CO)(CO)CO.c1cc[nH]c1. The van der Waals surface area contributed by atoms with Crippen LogP contribution in [0.5, 0.6) is 0 Å². The third kappa shape index (κ3) is 4.41. The Bertz CT molecular complexity index is 160. The minimum atomic E-state index is -0.667. The van der Waals surface area contributed by atoms with Crippen molar-refractivity contribution in [1.82, 2.24) is 4.98 Å². The molecule has 0 aliphatic heterocycles. The van der Waals surface area contributed by atoms with Gasteiger partial charge in [-0.3, -0.25) is 0 Å². The molecule has 0 radical (unpaired) electrons. The number of hydrogen-bond acceptors (Lipinski definition) is 3. The third-order valence-electron chi connectivity index (χ3n) is 2.25. The van der Waals surface area contributed by atoms with Crippen molar-refractivity contribution in [2.45, 2.75) is 13.3 Å². The molecule has 0 aliphatic rings. The molecule has 82 valence electrons. The first-order valence-corrected chi connectivity index (χ1v) is 4.65. The van der Waals surface area contributed by atoms with Gasteiger partial charge in [-0.1, -0.05) is 6.92 Å². The average molecular weight is 201 g/mol. The Morgan fingerprint density at radius 3 is 1.50 bits per heavy atom. The molecule has 0 atom stereocenters. The van der Waals surface area contributed by atoms with Gasteiger partial charge in [0.15, 0.2) is 0 Å². The predicted molar refractivity (Wildman–Crippen MR) is 54.8 cm³/mol. The number of aromatic nitrogens is 1. The van der Waals surface area contributed by atoms with Gasteiger partial charge in [-0.2, -0.15) is 0 Å². The first-order chi connectivity index (χ1) is 6.74. The van der Waals surface area contributed by atoms with Gasteiger partial charge in [0, 0.05) is 17.8 Å². The second kappa shape index (κ2) is 7.55. The summed E-state index contributed by atoms with van der Waals surface area (Å²) < 4.78 is 0. The average Bonchev–Trinajstić information content (AvgIpc) is 2.80. The lowest BCUT2D eigenvalue weighted by molar-refractivity contribution is 0.00304. The van der Waals surface area contributed by atoms with Crippen molar-refractivity contribution in [3.8, 4) is 0 Å². The lowest BCUT2D eigenvalue weighted by Crippen LogP contribution is -2.32. The summed E-state index contributed by atoms with van der Waals surface area (Å²) in [6.45, 7) is 1.35. The smallest absolute Gasteiger partial charge is 0.0531 e. The largest absolute Gasteiger partial charge is 0.396 e. The Morgan fingerprint density at radius 1 is 1.00 bits per heavy atom. The molecule has 1 aromatic heterocycles.